The van der Waals surface area contributed by atoms with E-state index in [2.05, 4.69) is 51.7 Å². The fourth-order valence-corrected chi connectivity index (χ4v) is 2.11. The van der Waals surface area contributed by atoms with Gasteiger partial charge in [0.15, 0.2) is 0 Å². The molecule has 2 heteroatoms. The monoisotopic (exact) mass is 234 g/mol. The topological polar surface area (TPSA) is 12.5 Å². The molecule has 2 nitrogen and oxygen atoms in total. The van der Waals surface area contributed by atoms with Gasteiger partial charge in [0.2, 0.25) is 0 Å². The molecule has 0 aliphatic carbocycles. The molecular formula is C15H24NO. The molecule has 1 unspecified atom stereocenters. The van der Waals surface area contributed by atoms with E-state index >= 15 is 0 Å². The molecule has 0 spiro atoms. The Balaban J connectivity index is 2.50. The van der Waals surface area contributed by atoms with Crippen LogP contribution in [0.15, 0.2) is 30.3 Å². The minimum Gasteiger partial charge on any atom is -0.358 e. The van der Waals surface area contributed by atoms with Crippen LogP contribution in [0.3, 0.4) is 0 Å². The van der Waals surface area contributed by atoms with Crippen LogP contribution < -0.4 is 0 Å². The second kappa shape index (κ2) is 6.77. The standard InChI is InChI=1S/C15H24NO/c1-12(2)16(13(3)4)14(5)17-11-15-9-7-6-8-10-15/h6-10,12-14H,5,11H2,1-4H3. The van der Waals surface area contributed by atoms with E-state index in [1.807, 2.05) is 18.2 Å². The maximum absolute atomic E-state index is 5.83. The molecule has 0 aliphatic heterocycles. The van der Waals surface area contributed by atoms with Crippen LogP contribution in [-0.4, -0.2) is 23.2 Å². The highest BCUT2D eigenvalue weighted by Crippen LogP contribution is 2.13. The summed E-state index contributed by atoms with van der Waals surface area (Å²) in [7, 11) is 0. The number of nitrogens with zero attached hydrogens (tertiary/aromatic N) is 1. The Morgan fingerprint density at radius 3 is 2.06 bits per heavy atom. The SMILES string of the molecule is [CH2]C(OCc1ccccc1)N(C(C)C)C(C)C. The summed E-state index contributed by atoms with van der Waals surface area (Å²) in [5.74, 6) is 0. The van der Waals surface area contributed by atoms with Gasteiger partial charge in [-0.3, -0.25) is 4.90 Å². The summed E-state index contributed by atoms with van der Waals surface area (Å²) in [6, 6.07) is 11.1. The largest absolute Gasteiger partial charge is 0.358 e. The van der Waals surface area contributed by atoms with Gasteiger partial charge in [-0.05, 0) is 40.2 Å². The van der Waals surface area contributed by atoms with Crippen molar-refractivity contribution in [2.24, 2.45) is 0 Å². The summed E-state index contributed by atoms with van der Waals surface area (Å²) < 4.78 is 5.83. The summed E-state index contributed by atoms with van der Waals surface area (Å²) in [6.07, 6.45) is -0.102. The second-order valence-electron chi connectivity index (χ2n) is 4.89. The zero-order chi connectivity index (χ0) is 12.8. The van der Waals surface area contributed by atoms with E-state index in [1.54, 1.807) is 0 Å². The van der Waals surface area contributed by atoms with Gasteiger partial charge in [0.1, 0.15) is 6.23 Å². The first-order valence-corrected chi connectivity index (χ1v) is 6.28. The third-order valence-corrected chi connectivity index (χ3v) is 2.81. The molecule has 95 valence electrons. The van der Waals surface area contributed by atoms with E-state index in [-0.39, 0.29) is 6.23 Å². The van der Waals surface area contributed by atoms with Gasteiger partial charge < -0.3 is 4.74 Å². The van der Waals surface area contributed by atoms with Gasteiger partial charge in [-0.25, -0.2) is 0 Å². The minimum atomic E-state index is -0.102. The van der Waals surface area contributed by atoms with E-state index in [0.29, 0.717) is 18.7 Å². The van der Waals surface area contributed by atoms with E-state index in [1.165, 1.54) is 5.56 Å². The van der Waals surface area contributed by atoms with Gasteiger partial charge in [0, 0.05) is 12.1 Å². The summed E-state index contributed by atoms with van der Waals surface area (Å²) in [6.45, 7) is 13.4. The number of rotatable bonds is 6. The molecule has 0 aliphatic rings. The molecule has 0 heterocycles. The Morgan fingerprint density at radius 2 is 1.59 bits per heavy atom. The van der Waals surface area contributed by atoms with Crippen molar-refractivity contribution in [1.82, 2.24) is 4.90 Å². The third-order valence-electron chi connectivity index (χ3n) is 2.81. The average Bonchev–Trinajstić information content (AvgIpc) is 2.27. The highest BCUT2D eigenvalue weighted by Gasteiger charge is 2.20. The molecule has 0 aromatic heterocycles. The van der Waals surface area contributed by atoms with E-state index in [4.69, 9.17) is 4.74 Å². The van der Waals surface area contributed by atoms with Crippen LogP contribution in [0.25, 0.3) is 0 Å². The first kappa shape index (κ1) is 14.2. The van der Waals surface area contributed by atoms with Crippen LogP contribution in [0.5, 0.6) is 0 Å². The van der Waals surface area contributed by atoms with Crippen LogP contribution in [0.1, 0.15) is 33.3 Å². The van der Waals surface area contributed by atoms with Crippen molar-refractivity contribution in [3.63, 3.8) is 0 Å². The molecule has 1 radical (unpaired) electrons. The van der Waals surface area contributed by atoms with Crippen LogP contribution in [0, 0.1) is 6.92 Å². The van der Waals surface area contributed by atoms with Gasteiger partial charge >= 0.3 is 0 Å². The van der Waals surface area contributed by atoms with Gasteiger partial charge in [-0.15, -0.1) is 0 Å². The van der Waals surface area contributed by atoms with Gasteiger partial charge in [-0.2, -0.15) is 0 Å². The van der Waals surface area contributed by atoms with Crippen molar-refractivity contribution in [1.29, 1.82) is 0 Å². The summed E-state index contributed by atoms with van der Waals surface area (Å²) in [4.78, 5) is 2.27. The molecule has 1 aromatic carbocycles. The summed E-state index contributed by atoms with van der Waals surface area (Å²) in [5.41, 5.74) is 1.19. The molecule has 0 saturated heterocycles. The maximum Gasteiger partial charge on any atom is 0.111 e. The first-order valence-electron chi connectivity index (χ1n) is 6.28. The number of hydrogen-bond acceptors (Lipinski definition) is 2. The molecule has 0 amide bonds. The normalized spacial score (nSPS) is 13.6. The summed E-state index contributed by atoms with van der Waals surface area (Å²) in [5, 5.41) is 0. The first-order chi connectivity index (χ1) is 8.02. The lowest BCUT2D eigenvalue weighted by atomic mass is 10.2. The minimum absolute atomic E-state index is 0.102. The number of ether oxygens (including phenoxy) is 1. The van der Waals surface area contributed by atoms with Crippen molar-refractivity contribution in [3.05, 3.63) is 42.8 Å². The van der Waals surface area contributed by atoms with Gasteiger partial charge in [0.05, 0.1) is 6.61 Å². The van der Waals surface area contributed by atoms with Crippen molar-refractivity contribution >= 4 is 0 Å². The highest BCUT2D eigenvalue weighted by atomic mass is 16.5. The Labute approximate surface area is 106 Å². The molecular weight excluding hydrogens is 210 g/mol. The van der Waals surface area contributed by atoms with E-state index in [0.717, 1.165) is 0 Å². The Kier molecular flexibility index (Phi) is 5.66. The zero-order valence-corrected chi connectivity index (χ0v) is 11.4. The second-order valence-corrected chi connectivity index (χ2v) is 4.89. The third kappa shape index (κ3) is 4.49. The molecule has 0 bridgehead atoms. The zero-order valence-electron chi connectivity index (χ0n) is 11.4. The highest BCUT2D eigenvalue weighted by molar-refractivity contribution is 5.13. The van der Waals surface area contributed by atoms with Crippen molar-refractivity contribution in [3.8, 4) is 0 Å². The Morgan fingerprint density at radius 1 is 1.06 bits per heavy atom. The van der Waals surface area contributed by atoms with E-state index in [9.17, 15) is 0 Å². The smallest absolute Gasteiger partial charge is 0.111 e. The molecule has 0 fully saturated rings. The lowest BCUT2D eigenvalue weighted by Gasteiger charge is -2.35. The Hall–Kier alpha value is -0.860. The molecule has 1 atom stereocenters. The van der Waals surface area contributed by atoms with Crippen molar-refractivity contribution < 1.29 is 4.74 Å². The number of benzene rings is 1. The van der Waals surface area contributed by atoms with Crippen molar-refractivity contribution in [2.45, 2.75) is 52.6 Å². The van der Waals surface area contributed by atoms with Crippen LogP contribution in [0.4, 0.5) is 0 Å². The summed E-state index contributed by atoms with van der Waals surface area (Å²) >= 11 is 0. The Bertz CT molecular complexity index is 300. The molecule has 0 saturated carbocycles. The average molecular weight is 234 g/mol. The molecule has 17 heavy (non-hydrogen) atoms. The fraction of sp³-hybridized carbons (Fsp3) is 0.533. The van der Waals surface area contributed by atoms with Gasteiger partial charge in [0.25, 0.3) is 0 Å². The van der Waals surface area contributed by atoms with Crippen LogP contribution in [0.2, 0.25) is 0 Å². The lowest BCUT2D eigenvalue weighted by molar-refractivity contribution is -0.0684. The lowest BCUT2D eigenvalue weighted by Crippen LogP contribution is -2.44. The predicted molar refractivity (Wildman–Crippen MR) is 72.5 cm³/mol. The fourth-order valence-electron chi connectivity index (χ4n) is 2.11. The van der Waals surface area contributed by atoms with Crippen LogP contribution >= 0.6 is 0 Å². The molecule has 1 rings (SSSR count). The quantitative estimate of drug-likeness (QED) is 0.699. The predicted octanol–water partition coefficient (Wildman–Crippen LogP) is 3.48. The maximum atomic E-state index is 5.83. The molecule has 0 N–H and O–H groups in total. The van der Waals surface area contributed by atoms with E-state index < -0.39 is 0 Å². The van der Waals surface area contributed by atoms with Crippen molar-refractivity contribution in [2.75, 3.05) is 0 Å². The number of hydrogen-bond donors (Lipinski definition) is 0. The van der Waals surface area contributed by atoms with Crippen LogP contribution in [-0.2, 0) is 11.3 Å². The molecule has 1 aromatic rings. The van der Waals surface area contributed by atoms with Gasteiger partial charge in [-0.1, -0.05) is 30.3 Å².